The van der Waals surface area contributed by atoms with Crippen LogP contribution in [-0.4, -0.2) is 59.9 Å². The second-order valence-corrected chi connectivity index (χ2v) is 8.05. The second kappa shape index (κ2) is 8.81. The Hall–Kier alpha value is -2.97. The van der Waals surface area contributed by atoms with Crippen LogP contribution in [0.5, 0.6) is 0 Å². The summed E-state index contributed by atoms with van der Waals surface area (Å²) in [7, 11) is 1.37. The number of aromatic nitrogens is 1. The Balaban J connectivity index is 1.32. The molecule has 0 radical (unpaired) electrons. The summed E-state index contributed by atoms with van der Waals surface area (Å²) in [6.45, 7) is 5.52. The minimum absolute atomic E-state index is 0.0471. The molecule has 30 heavy (non-hydrogen) atoms. The molecule has 2 aromatic heterocycles. The third kappa shape index (κ3) is 4.44. The molecule has 3 heterocycles. The van der Waals surface area contributed by atoms with E-state index >= 15 is 0 Å². The van der Waals surface area contributed by atoms with Gasteiger partial charge < -0.3 is 14.1 Å². The van der Waals surface area contributed by atoms with Crippen LogP contribution < -0.4 is 0 Å². The van der Waals surface area contributed by atoms with Gasteiger partial charge in [-0.3, -0.25) is 9.69 Å². The first-order valence-electron chi connectivity index (χ1n) is 9.74. The Labute approximate surface area is 178 Å². The number of ether oxygens (including phenoxy) is 1. The summed E-state index contributed by atoms with van der Waals surface area (Å²) >= 11 is 1.59. The van der Waals surface area contributed by atoms with Crippen molar-refractivity contribution in [1.82, 2.24) is 14.8 Å². The average Bonchev–Trinajstić information content (AvgIpc) is 3.42. The van der Waals surface area contributed by atoms with Crippen molar-refractivity contribution in [2.45, 2.75) is 13.5 Å². The number of hydrogen-bond donors (Lipinski definition) is 0. The highest BCUT2D eigenvalue weighted by Crippen LogP contribution is 2.25. The second-order valence-electron chi connectivity index (χ2n) is 7.19. The standard InChI is InChI=1S/C22H23N3O4S/c1-15-3-8-19(29-15)21(26)25-11-9-24(10-12-25)13-18-14-30-20(23-18)16-4-6-17(7-5-16)22(27)28-2/h3-8,14H,9-13H2,1-2H3. The van der Waals surface area contributed by atoms with Gasteiger partial charge in [0.25, 0.3) is 5.91 Å². The lowest BCUT2D eigenvalue weighted by molar-refractivity contribution is 0.0590. The maximum Gasteiger partial charge on any atom is 0.337 e. The third-order valence-corrected chi connectivity index (χ3v) is 6.04. The van der Waals surface area contributed by atoms with Crippen LogP contribution in [-0.2, 0) is 11.3 Å². The zero-order chi connectivity index (χ0) is 21.1. The van der Waals surface area contributed by atoms with Crippen molar-refractivity contribution in [3.8, 4) is 10.6 Å². The van der Waals surface area contributed by atoms with Gasteiger partial charge >= 0.3 is 5.97 Å². The number of hydrogen-bond acceptors (Lipinski definition) is 7. The van der Waals surface area contributed by atoms with Crippen molar-refractivity contribution < 1.29 is 18.7 Å². The molecule has 0 saturated carbocycles. The minimum Gasteiger partial charge on any atom is -0.465 e. The Morgan fingerprint density at radius 1 is 1.10 bits per heavy atom. The number of carbonyl (C=O) groups excluding carboxylic acids is 2. The van der Waals surface area contributed by atoms with E-state index in [0.29, 0.717) is 24.4 Å². The molecular weight excluding hydrogens is 402 g/mol. The molecule has 1 amide bonds. The Kier molecular flexibility index (Phi) is 5.96. The summed E-state index contributed by atoms with van der Waals surface area (Å²) in [5.41, 5.74) is 2.51. The van der Waals surface area contributed by atoms with Crippen molar-refractivity contribution in [1.29, 1.82) is 0 Å². The van der Waals surface area contributed by atoms with Gasteiger partial charge in [0.2, 0.25) is 0 Å². The van der Waals surface area contributed by atoms with Gasteiger partial charge in [-0.15, -0.1) is 11.3 Å². The number of methoxy groups -OCH3 is 1. The van der Waals surface area contributed by atoms with Crippen LogP contribution in [0.4, 0.5) is 0 Å². The van der Waals surface area contributed by atoms with Gasteiger partial charge in [-0.1, -0.05) is 12.1 Å². The summed E-state index contributed by atoms with van der Waals surface area (Å²) in [5.74, 6) is 0.759. The monoisotopic (exact) mass is 425 g/mol. The topological polar surface area (TPSA) is 75.9 Å². The first-order valence-corrected chi connectivity index (χ1v) is 10.6. The van der Waals surface area contributed by atoms with Crippen LogP contribution in [0, 0.1) is 6.92 Å². The van der Waals surface area contributed by atoms with E-state index < -0.39 is 0 Å². The van der Waals surface area contributed by atoms with Crippen LogP contribution in [0.2, 0.25) is 0 Å². The van der Waals surface area contributed by atoms with Gasteiger partial charge in [-0.25, -0.2) is 9.78 Å². The number of piperazine rings is 1. The highest BCUT2D eigenvalue weighted by Gasteiger charge is 2.24. The molecular formula is C22H23N3O4S. The third-order valence-electron chi connectivity index (χ3n) is 5.10. The molecule has 0 unspecified atom stereocenters. The fourth-order valence-corrected chi connectivity index (χ4v) is 4.24. The molecule has 1 saturated heterocycles. The maximum absolute atomic E-state index is 12.5. The zero-order valence-corrected chi connectivity index (χ0v) is 17.8. The highest BCUT2D eigenvalue weighted by molar-refractivity contribution is 7.13. The normalized spacial score (nSPS) is 14.7. The number of furan rings is 1. The van der Waals surface area contributed by atoms with Gasteiger partial charge in [-0.05, 0) is 31.2 Å². The lowest BCUT2D eigenvalue weighted by Crippen LogP contribution is -2.48. The number of carbonyl (C=O) groups is 2. The van der Waals surface area contributed by atoms with Crippen LogP contribution in [0.15, 0.2) is 46.2 Å². The Morgan fingerprint density at radius 3 is 2.47 bits per heavy atom. The summed E-state index contributed by atoms with van der Waals surface area (Å²) in [5, 5.41) is 2.98. The van der Waals surface area contributed by atoms with Gasteiger partial charge in [0.05, 0.1) is 18.4 Å². The average molecular weight is 426 g/mol. The first kappa shape index (κ1) is 20.3. The van der Waals surface area contributed by atoms with E-state index in [4.69, 9.17) is 14.1 Å². The lowest BCUT2D eigenvalue weighted by Gasteiger charge is -2.33. The van der Waals surface area contributed by atoms with E-state index in [2.05, 4.69) is 10.3 Å². The number of amides is 1. The van der Waals surface area contributed by atoms with Crippen molar-refractivity contribution in [2.24, 2.45) is 0 Å². The molecule has 1 aliphatic rings. The van der Waals surface area contributed by atoms with Crippen molar-refractivity contribution >= 4 is 23.2 Å². The van der Waals surface area contributed by atoms with Gasteiger partial charge in [0.1, 0.15) is 10.8 Å². The zero-order valence-electron chi connectivity index (χ0n) is 17.0. The van der Waals surface area contributed by atoms with E-state index in [1.54, 1.807) is 29.5 Å². The van der Waals surface area contributed by atoms with Gasteiger partial charge in [0.15, 0.2) is 5.76 Å². The SMILES string of the molecule is COC(=O)c1ccc(-c2nc(CN3CCN(C(=O)c4ccc(C)o4)CC3)cs2)cc1. The summed E-state index contributed by atoms with van der Waals surface area (Å²) in [6.07, 6.45) is 0. The van der Waals surface area contributed by atoms with Crippen molar-refractivity contribution in [2.75, 3.05) is 33.3 Å². The predicted molar refractivity (Wildman–Crippen MR) is 114 cm³/mol. The van der Waals surface area contributed by atoms with E-state index in [0.717, 1.165) is 41.7 Å². The van der Waals surface area contributed by atoms with Crippen LogP contribution in [0.1, 0.15) is 32.4 Å². The smallest absolute Gasteiger partial charge is 0.337 e. The molecule has 0 bridgehead atoms. The quantitative estimate of drug-likeness (QED) is 0.583. The molecule has 0 atom stereocenters. The van der Waals surface area contributed by atoms with Crippen LogP contribution in [0.25, 0.3) is 10.6 Å². The summed E-state index contributed by atoms with van der Waals surface area (Å²) in [6, 6.07) is 10.8. The van der Waals surface area contributed by atoms with Crippen molar-refractivity contribution in [3.63, 3.8) is 0 Å². The molecule has 1 aliphatic heterocycles. The van der Waals surface area contributed by atoms with E-state index in [9.17, 15) is 9.59 Å². The Morgan fingerprint density at radius 2 is 1.83 bits per heavy atom. The minimum atomic E-state index is -0.346. The molecule has 0 N–H and O–H groups in total. The number of rotatable bonds is 5. The molecule has 0 spiro atoms. The Bertz CT molecular complexity index is 1030. The molecule has 3 aromatic rings. The fraction of sp³-hybridized carbons (Fsp3) is 0.318. The number of benzene rings is 1. The van der Waals surface area contributed by atoms with Gasteiger partial charge in [0, 0.05) is 43.7 Å². The molecule has 4 rings (SSSR count). The molecule has 0 aliphatic carbocycles. The van der Waals surface area contributed by atoms with E-state index in [-0.39, 0.29) is 11.9 Å². The summed E-state index contributed by atoms with van der Waals surface area (Å²) in [4.78, 5) is 32.9. The van der Waals surface area contributed by atoms with E-state index in [1.165, 1.54) is 7.11 Å². The predicted octanol–water partition coefficient (Wildman–Crippen LogP) is 3.46. The van der Waals surface area contributed by atoms with Crippen molar-refractivity contribution in [3.05, 3.63) is 64.6 Å². The molecule has 1 aromatic carbocycles. The highest BCUT2D eigenvalue weighted by atomic mass is 32.1. The van der Waals surface area contributed by atoms with Gasteiger partial charge in [-0.2, -0.15) is 0 Å². The number of thiazole rings is 1. The molecule has 8 heteroatoms. The molecule has 7 nitrogen and oxygen atoms in total. The first-order chi connectivity index (χ1) is 14.5. The maximum atomic E-state index is 12.5. The van der Waals surface area contributed by atoms with Crippen LogP contribution in [0.3, 0.4) is 0 Å². The number of nitrogens with zero attached hydrogens (tertiary/aromatic N) is 3. The molecule has 156 valence electrons. The fourth-order valence-electron chi connectivity index (χ4n) is 3.42. The largest absolute Gasteiger partial charge is 0.465 e. The van der Waals surface area contributed by atoms with Crippen LogP contribution >= 0.6 is 11.3 Å². The summed E-state index contributed by atoms with van der Waals surface area (Å²) < 4.78 is 10.2. The number of aryl methyl sites for hydroxylation is 1. The lowest BCUT2D eigenvalue weighted by atomic mass is 10.1. The number of esters is 1. The van der Waals surface area contributed by atoms with E-state index in [1.807, 2.05) is 30.0 Å². The molecule has 1 fully saturated rings.